The summed E-state index contributed by atoms with van der Waals surface area (Å²) in [5.41, 5.74) is 2.98. The van der Waals surface area contributed by atoms with Crippen molar-refractivity contribution in [3.8, 4) is 0 Å². The van der Waals surface area contributed by atoms with E-state index in [-0.39, 0.29) is 36.2 Å². The van der Waals surface area contributed by atoms with Gasteiger partial charge in [0.15, 0.2) is 0 Å². The quantitative estimate of drug-likeness (QED) is 0.474. The average molecular weight is 520 g/mol. The third kappa shape index (κ3) is 7.47. The monoisotopic (exact) mass is 519 g/mol. The summed E-state index contributed by atoms with van der Waals surface area (Å²) in [6.45, 7) is 8.67. The van der Waals surface area contributed by atoms with Crippen LogP contribution in [0.4, 0.5) is 0 Å². The van der Waals surface area contributed by atoms with Crippen molar-refractivity contribution in [3.05, 3.63) is 77.2 Å². The van der Waals surface area contributed by atoms with Crippen LogP contribution in [0.15, 0.2) is 65.4 Å². The zero-order valence-corrected chi connectivity index (χ0v) is 21.7. The van der Waals surface area contributed by atoms with Crippen LogP contribution in [0.3, 0.4) is 0 Å². The third-order valence-electron chi connectivity index (χ3n) is 6.10. The number of amides is 1. The van der Waals surface area contributed by atoms with Crippen LogP contribution in [-0.2, 0) is 37.8 Å². The molecule has 10 heteroatoms. The van der Waals surface area contributed by atoms with Gasteiger partial charge in [-0.2, -0.15) is 4.31 Å². The van der Waals surface area contributed by atoms with Gasteiger partial charge in [-0.25, -0.2) is 21.6 Å². The van der Waals surface area contributed by atoms with E-state index in [2.05, 4.69) is 42.6 Å². The fourth-order valence-electron chi connectivity index (χ4n) is 3.87. The summed E-state index contributed by atoms with van der Waals surface area (Å²) in [5, 5.41) is 3.73. The lowest BCUT2D eigenvalue weighted by Crippen LogP contribution is -2.32. The Hall–Kier alpha value is -2.53. The highest BCUT2D eigenvalue weighted by Gasteiger charge is 2.32. The molecule has 1 amide bonds. The van der Waals surface area contributed by atoms with Crippen LogP contribution in [0.5, 0.6) is 0 Å². The lowest BCUT2D eigenvalue weighted by molar-refractivity contribution is -0.120. The molecule has 1 heterocycles. The summed E-state index contributed by atoms with van der Waals surface area (Å²) < 4.78 is 52.8. The first-order valence-corrected chi connectivity index (χ1v) is 14.6. The molecular weight excluding hydrogens is 486 g/mol. The first-order chi connectivity index (χ1) is 16.5. The molecular formula is C25H33N3O5S2. The molecule has 0 aliphatic carbocycles. The van der Waals surface area contributed by atoms with E-state index in [1.807, 2.05) is 12.1 Å². The predicted molar refractivity (Wildman–Crippen MR) is 137 cm³/mol. The van der Waals surface area contributed by atoms with E-state index in [1.165, 1.54) is 22.0 Å². The number of sulfonamides is 2. The van der Waals surface area contributed by atoms with Crippen molar-refractivity contribution in [1.29, 1.82) is 0 Å². The number of hydrogen-bond donors (Lipinski definition) is 2. The number of carbonyl (C=O) groups excluding carboxylic acids is 1. The average Bonchev–Trinajstić information content (AvgIpc) is 3.32. The van der Waals surface area contributed by atoms with Crippen molar-refractivity contribution < 1.29 is 21.6 Å². The van der Waals surface area contributed by atoms with E-state index >= 15 is 0 Å². The maximum atomic E-state index is 13.0. The topological polar surface area (TPSA) is 113 Å². The van der Waals surface area contributed by atoms with Crippen LogP contribution in [0, 0.1) is 5.92 Å². The Bertz CT molecular complexity index is 1240. The first kappa shape index (κ1) is 27.1. The van der Waals surface area contributed by atoms with Crippen molar-refractivity contribution in [1.82, 2.24) is 14.3 Å². The van der Waals surface area contributed by atoms with E-state index in [4.69, 9.17) is 0 Å². The molecule has 2 N–H and O–H groups in total. The molecule has 8 nitrogen and oxygen atoms in total. The van der Waals surface area contributed by atoms with E-state index in [1.54, 1.807) is 12.1 Å². The minimum absolute atomic E-state index is 0.107. The second kappa shape index (κ2) is 11.5. The molecule has 0 unspecified atom stereocenters. The highest BCUT2D eigenvalue weighted by Crippen LogP contribution is 2.24. The third-order valence-corrected chi connectivity index (χ3v) is 8.99. The Morgan fingerprint density at radius 3 is 2.29 bits per heavy atom. The largest absolute Gasteiger partial charge is 0.352 e. The van der Waals surface area contributed by atoms with Gasteiger partial charge in [0.2, 0.25) is 26.0 Å². The summed E-state index contributed by atoms with van der Waals surface area (Å²) >= 11 is 0. The molecule has 0 bridgehead atoms. The smallest absolute Gasteiger partial charge is 0.243 e. The second-order valence-corrected chi connectivity index (χ2v) is 12.7. The fourth-order valence-corrected chi connectivity index (χ4v) is 5.99. The number of hydrogen-bond acceptors (Lipinski definition) is 5. The molecule has 1 fully saturated rings. The molecule has 190 valence electrons. The van der Waals surface area contributed by atoms with Crippen LogP contribution in [0.1, 0.15) is 42.9 Å². The number of nitrogens with zero attached hydrogens (tertiary/aromatic N) is 1. The van der Waals surface area contributed by atoms with E-state index in [0.29, 0.717) is 25.4 Å². The molecule has 0 aromatic heterocycles. The molecule has 0 spiro atoms. The van der Waals surface area contributed by atoms with Gasteiger partial charge in [-0.05, 0) is 47.1 Å². The molecule has 3 rings (SSSR count). The lowest BCUT2D eigenvalue weighted by Gasteiger charge is -2.17. The Labute approximate surface area is 208 Å². The van der Waals surface area contributed by atoms with Crippen LogP contribution < -0.4 is 10.0 Å². The fraction of sp³-hybridized carbons (Fsp3) is 0.400. The first-order valence-electron chi connectivity index (χ1n) is 11.6. The number of benzene rings is 2. The van der Waals surface area contributed by atoms with Crippen molar-refractivity contribution >= 4 is 26.0 Å². The van der Waals surface area contributed by atoms with Gasteiger partial charge in [-0.1, -0.05) is 56.8 Å². The summed E-state index contributed by atoms with van der Waals surface area (Å²) in [6.07, 6.45) is 0.719. The molecule has 2 aromatic rings. The van der Waals surface area contributed by atoms with Crippen molar-refractivity contribution in [2.75, 3.05) is 19.6 Å². The van der Waals surface area contributed by atoms with Crippen LogP contribution in [0.25, 0.3) is 0 Å². The predicted octanol–water partition coefficient (Wildman–Crippen LogP) is 2.74. The maximum absolute atomic E-state index is 13.0. The van der Waals surface area contributed by atoms with Crippen molar-refractivity contribution in [3.63, 3.8) is 0 Å². The summed E-state index contributed by atoms with van der Waals surface area (Å²) in [6, 6.07) is 14.5. The molecule has 2 aromatic carbocycles. The summed E-state index contributed by atoms with van der Waals surface area (Å²) in [7, 11) is -7.24. The number of carbonyl (C=O) groups is 1. The van der Waals surface area contributed by atoms with Gasteiger partial charge < -0.3 is 5.32 Å². The summed E-state index contributed by atoms with van der Waals surface area (Å²) in [4.78, 5) is 12.5. The Morgan fingerprint density at radius 2 is 1.69 bits per heavy atom. The van der Waals surface area contributed by atoms with Gasteiger partial charge in [0.05, 0.1) is 11.3 Å². The standard InChI is InChI=1S/C25H33N3O5S2/c1-4-34(30,31)27-17-22-13-14-28(18-22)35(32,33)24-11-7-20(8-12-24)15-25(29)26-16-21-5-9-23(10-6-21)19(2)3/h4-12,19,22,27H,1,13-18H2,2-3H3,(H,26,29)/t22-/m1/s1. The zero-order valence-electron chi connectivity index (χ0n) is 20.1. The highest BCUT2D eigenvalue weighted by molar-refractivity contribution is 7.92. The minimum atomic E-state index is -3.70. The molecule has 1 aliphatic rings. The van der Waals surface area contributed by atoms with Crippen molar-refractivity contribution in [2.45, 2.75) is 44.0 Å². The molecule has 1 aliphatic heterocycles. The van der Waals surface area contributed by atoms with Crippen LogP contribution in [0.2, 0.25) is 0 Å². The van der Waals surface area contributed by atoms with Gasteiger partial charge in [-0.15, -0.1) is 0 Å². The Balaban J connectivity index is 1.52. The van der Waals surface area contributed by atoms with Gasteiger partial charge in [-0.3, -0.25) is 4.79 Å². The van der Waals surface area contributed by atoms with E-state index in [9.17, 15) is 21.6 Å². The SMILES string of the molecule is C=CS(=O)(=O)NC[C@H]1CCN(S(=O)(=O)c2ccc(CC(=O)NCc3ccc(C(C)C)cc3)cc2)C1. The van der Waals surface area contributed by atoms with Gasteiger partial charge in [0.25, 0.3) is 0 Å². The number of nitrogens with one attached hydrogen (secondary N) is 2. The highest BCUT2D eigenvalue weighted by atomic mass is 32.2. The molecule has 1 saturated heterocycles. The molecule has 35 heavy (non-hydrogen) atoms. The molecule has 0 radical (unpaired) electrons. The maximum Gasteiger partial charge on any atom is 0.243 e. The Kier molecular flexibility index (Phi) is 8.87. The minimum Gasteiger partial charge on any atom is -0.352 e. The van der Waals surface area contributed by atoms with Crippen molar-refractivity contribution in [2.24, 2.45) is 5.92 Å². The van der Waals surface area contributed by atoms with Gasteiger partial charge in [0, 0.05) is 31.6 Å². The second-order valence-electron chi connectivity index (χ2n) is 9.07. The molecule has 0 saturated carbocycles. The van der Waals surface area contributed by atoms with E-state index < -0.39 is 20.0 Å². The number of rotatable bonds is 11. The zero-order chi connectivity index (χ0) is 25.6. The normalized spacial score (nSPS) is 16.9. The van der Waals surface area contributed by atoms with E-state index in [0.717, 1.165) is 16.5 Å². The van der Waals surface area contributed by atoms with Crippen LogP contribution in [-0.4, -0.2) is 46.7 Å². The van der Waals surface area contributed by atoms with Gasteiger partial charge in [0.1, 0.15) is 0 Å². The summed E-state index contributed by atoms with van der Waals surface area (Å²) in [5.74, 6) is 0.206. The Morgan fingerprint density at radius 1 is 1.06 bits per heavy atom. The van der Waals surface area contributed by atoms with Gasteiger partial charge >= 0.3 is 0 Å². The van der Waals surface area contributed by atoms with Crippen LogP contribution >= 0.6 is 0 Å². The molecule has 1 atom stereocenters. The lowest BCUT2D eigenvalue weighted by atomic mass is 10.0.